The zero-order chi connectivity index (χ0) is 20.6. The summed E-state index contributed by atoms with van der Waals surface area (Å²) in [5.41, 5.74) is 1.56. The van der Waals surface area contributed by atoms with Gasteiger partial charge in [-0.2, -0.15) is 8.78 Å². The van der Waals surface area contributed by atoms with Crippen LogP contribution >= 0.6 is 0 Å². The maximum Gasteiger partial charge on any atom is 0.387 e. The van der Waals surface area contributed by atoms with Crippen LogP contribution in [0.15, 0.2) is 54.6 Å². The van der Waals surface area contributed by atoms with Gasteiger partial charge >= 0.3 is 12.6 Å². The van der Waals surface area contributed by atoms with E-state index >= 15 is 0 Å². The fourth-order valence-electron chi connectivity index (χ4n) is 3.55. The molecule has 2 aromatic rings. The lowest BCUT2D eigenvalue weighted by Crippen LogP contribution is -2.52. The molecule has 3 N–H and O–H groups in total. The van der Waals surface area contributed by atoms with Gasteiger partial charge in [0.15, 0.2) is 0 Å². The van der Waals surface area contributed by atoms with Crippen LogP contribution < -0.4 is 15.4 Å². The van der Waals surface area contributed by atoms with Crippen molar-refractivity contribution in [2.75, 3.05) is 25.0 Å². The zero-order valence-electron chi connectivity index (χ0n) is 15.9. The SMILES string of the molecule is O=C(Nc1cccc(OC(F)F)c1)N[C@@H]1CCN(Cc2ccccc2)C[C@H]1CO. The van der Waals surface area contributed by atoms with E-state index in [9.17, 15) is 18.7 Å². The highest BCUT2D eigenvalue weighted by atomic mass is 19.3. The highest BCUT2D eigenvalue weighted by molar-refractivity contribution is 5.89. The molecule has 1 saturated heterocycles. The number of nitrogens with zero attached hydrogens (tertiary/aromatic N) is 1. The smallest absolute Gasteiger partial charge is 0.387 e. The van der Waals surface area contributed by atoms with Gasteiger partial charge in [-0.25, -0.2) is 4.79 Å². The number of carbonyl (C=O) groups excluding carboxylic acids is 1. The third-order valence-corrected chi connectivity index (χ3v) is 4.94. The van der Waals surface area contributed by atoms with Crippen molar-refractivity contribution in [1.29, 1.82) is 0 Å². The Morgan fingerprint density at radius 1 is 1.21 bits per heavy atom. The third kappa shape index (κ3) is 6.40. The van der Waals surface area contributed by atoms with Crippen molar-refractivity contribution in [3.8, 4) is 5.75 Å². The Hall–Kier alpha value is -2.71. The molecule has 8 heteroatoms. The number of nitrogens with one attached hydrogen (secondary N) is 2. The molecule has 0 spiro atoms. The minimum Gasteiger partial charge on any atom is -0.435 e. The third-order valence-electron chi connectivity index (χ3n) is 4.94. The maximum atomic E-state index is 12.3. The molecular formula is C21H25F2N3O3. The van der Waals surface area contributed by atoms with Crippen LogP contribution in [0, 0.1) is 5.92 Å². The number of carbonyl (C=O) groups is 1. The van der Waals surface area contributed by atoms with Crippen molar-refractivity contribution < 1.29 is 23.4 Å². The minimum absolute atomic E-state index is 0.0275. The van der Waals surface area contributed by atoms with Crippen LogP contribution in [0.5, 0.6) is 5.75 Å². The van der Waals surface area contributed by atoms with Gasteiger partial charge in [0.05, 0.1) is 0 Å². The summed E-state index contributed by atoms with van der Waals surface area (Å²) < 4.78 is 29.0. The Morgan fingerprint density at radius 2 is 2.00 bits per heavy atom. The molecule has 6 nitrogen and oxygen atoms in total. The summed E-state index contributed by atoms with van der Waals surface area (Å²) in [5.74, 6) is -0.119. The second-order valence-electron chi connectivity index (χ2n) is 7.06. The Labute approximate surface area is 168 Å². The molecule has 1 fully saturated rings. The van der Waals surface area contributed by atoms with Crippen molar-refractivity contribution in [2.24, 2.45) is 5.92 Å². The van der Waals surface area contributed by atoms with Gasteiger partial charge in [-0.15, -0.1) is 0 Å². The number of aliphatic hydroxyl groups is 1. The molecule has 29 heavy (non-hydrogen) atoms. The van der Waals surface area contributed by atoms with E-state index < -0.39 is 12.6 Å². The first-order chi connectivity index (χ1) is 14.0. The largest absolute Gasteiger partial charge is 0.435 e. The summed E-state index contributed by atoms with van der Waals surface area (Å²) >= 11 is 0. The summed E-state index contributed by atoms with van der Waals surface area (Å²) in [5, 5.41) is 15.3. The number of ether oxygens (including phenoxy) is 1. The highest BCUT2D eigenvalue weighted by Gasteiger charge is 2.30. The van der Waals surface area contributed by atoms with Crippen LogP contribution in [-0.2, 0) is 6.54 Å². The van der Waals surface area contributed by atoms with E-state index in [0.29, 0.717) is 18.7 Å². The fraction of sp³-hybridized carbons (Fsp3) is 0.381. The molecule has 2 amide bonds. The molecular weight excluding hydrogens is 380 g/mol. The van der Waals surface area contributed by atoms with E-state index in [1.54, 1.807) is 6.07 Å². The number of amides is 2. The zero-order valence-corrected chi connectivity index (χ0v) is 15.9. The summed E-state index contributed by atoms with van der Waals surface area (Å²) in [4.78, 5) is 14.6. The second kappa shape index (κ2) is 10.2. The molecule has 0 saturated carbocycles. The van der Waals surface area contributed by atoms with Gasteiger partial charge in [-0.1, -0.05) is 36.4 Å². The molecule has 1 aliphatic heterocycles. The van der Waals surface area contributed by atoms with Gasteiger partial charge in [0.2, 0.25) is 0 Å². The number of hydrogen-bond acceptors (Lipinski definition) is 4. The van der Waals surface area contributed by atoms with E-state index in [2.05, 4.69) is 32.4 Å². The molecule has 2 aromatic carbocycles. The highest BCUT2D eigenvalue weighted by Crippen LogP contribution is 2.21. The van der Waals surface area contributed by atoms with Gasteiger partial charge in [-0.05, 0) is 24.1 Å². The fourth-order valence-corrected chi connectivity index (χ4v) is 3.55. The van der Waals surface area contributed by atoms with Crippen LogP contribution in [0.25, 0.3) is 0 Å². The Balaban J connectivity index is 1.52. The molecule has 2 atom stereocenters. The maximum absolute atomic E-state index is 12.3. The monoisotopic (exact) mass is 405 g/mol. The molecule has 156 valence electrons. The van der Waals surface area contributed by atoms with Crippen molar-refractivity contribution in [3.05, 3.63) is 60.2 Å². The summed E-state index contributed by atoms with van der Waals surface area (Å²) in [6.45, 7) is -0.686. The van der Waals surface area contributed by atoms with Gasteiger partial charge < -0.3 is 20.5 Å². The standard InChI is InChI=1S/C21H25F2N3O3/c22-20(23)29-18-8-4-7-17(11-18)24-21(28)25-19-9-10-26(13-16(19)14-27)12-15-5-2-1-3-6-15/h1-8,11,16,19-20,27H,9-10,12-14H2,(H2,24,25,28)/t16-,19+/m0/s1. The first-order valence-corrected chi connectivity index (χ1v) is 9.53. The molecule has 0 aromatic heterocycles. The number of hydrogen-bond donors (Lipinski definition) is 3. The average molecular weight is 405 g/mol. The average Bonchev–Trinajstić information content (AvgIpc) is 2.69. The van der Waals surface area contributed by atoms with Crippen LogP contribution in [0.1, 0.15) is 12.0 Å². The van der Waals surface area contributed by atoms with Crippen LogP contribution in [-0.4, -0.2) is 48.4 Å². The van der Waals surface area contributed by atoms with Gasteiger partial charge in [0.25, 0.3) is 0 Å². The lowest BCUT2D eigenvalue weighted by atomic mass is 9.92. The number of alkyl halides is 2. The Bertz CT molecular complexity index is 792. The Kier molecular flexibility index (Phi) is 7.37. The molecule has 0 radical (unpaired) electrons. The summed E-state index contributed by atoms with van der Waals surface area (Å²) in [7, 11) is 0. The normalized spacial score (nSPS) is 19.7. The number of aliphatic hydroxyl groups excluding tert-OH is 1. The molecule has 1 heterocycles. The lowest BCUT2D eigenvalue weighted by molar-refractivity contribution is -0.0498. The number of rotatable bonds is 7. The van der Waals surface area contributed by atoms with Gasteiger partial charge in [-0.3, -0.25) is 4.90 Å². The van der Waals surface area contributed by atoms with E-state index in [1.165, 1.54) is 23.8 Å². The first-order valence-electron chi connectivity index (χ1n) is 9.53. The van der Waals surface area contributed by atoms with Crippen LogP contribution in [0.3, 0.4) is 0 Å². The van der Waals surface area contributed by atoms with Crippen molar-refractivity contribution in [1.82, 2.24) is 10.2 Å². The molecule has 0 unspecified atom stereocenters. The topological polar surface area (TPSA) is 73.8 Å². The quantitative estimate of drug-likeness (QED) is 0.661. The Morgan fingerprint density at radius 3 is 2.72 bits per heavy atom. The molecule has 1 aliphatic rings. The van der Waals surface area contributed by atoms with Gasteiger partial charge in [0.1, 0.15) is 5.75 Å². The van der Waals surface area contributed by atoms with Gasteiger partial charge in [0, 0.05) is 50.0 Å². The second-order valence-corrected chi connectivity index (χ2v) is 7.06. The minimum atomic E-state index is -2.93. The number of piperidine rings is 1. The predicted molar refractivity (Wildman–Crippen MR) is 106 cm³/mol. The predicted octanol–water partition coefficient (Wildman–Crippen LogP) is 3.29. The van der Waals surface area contributed by atoms with E-state index in [4.69, 9.17) is 0 Å². The van der Waals surface area contributed by atoms with Crippen molar-refractivity contribution in [2.45, 2.75) is 25.6 Å². The van der Waals surface area contributed by atoms with Crippen LogP contribution in [0.4, 0.5) is 19.3 Å². The number of anilines is 1. The van der Waals surface area contributed by atoms with E-state index in [0.717, 1.165) is 13.1 Å². The first kappa shape index (κ1) is 21.0. The summed E-state index contributed by atoms with van der Waals surface area (Å²) in [6, 6.07) is 15.3. The van der Waals surface area contributed by atoms with E-state index in [-0.39, 0.29) is 24.3 Å². The molecule has 0 bridgehead atoms. The number of urea groups is 1. The van der Waals surface area contributed by atoms with E-state index in [1.807, 2.05) is 18.2 Å². The number of benzene rings is 2. The lowest BCUT2D eigenvalue weighted by Gasteiger charge is -2.38. The molecule has 3 rings (SSSR count). The number of halogens is 2. The van der Waals surface area contributed by atoms with Crippen molar-refractivity contribution in [3.63, 3.8) is 0 Å². The van der Waals surface area contributed by atoms with Crippen LogP contribution in [0.2, 0.25) is 0 Å². The summed E-state index contributed by atoms with van der Waals surface area (Å²) in [6.07, 6.45) is 0.708. The van der Waals surface area contributed by atoms with Crippen molar-refractivity contribution >= 4 is 11.7 Å². The number of likely N-dealkylation sites (tertiary alicyclic amines) is 1. The molecule has 0 aliphatic carbocycles.